The molecule has 0 amide bonds. The number of carbonyl (C=O) groups is 1. The summed E-state index contributed by atoms with van der Waals surface area (Å²) in [6.07, 6.45) is 1.87. The summed E-state index contributed by atoms with van der Waals surface area (Å²) in [5.41, 5.74) is 3.27. The van der Waals surface area contributed by atoms with Gasteiger partial charge in [-0.15, -0.1) is 11.3 Å². The normalized spacial score (nSPS) is 11.4. The number of benzene rings is 1. The average Bonchev–Trinajstić information content (AvgIpc) is 3.13. The standard InChI is InChI=1S/C20H21N3O4S2/c1-4-15-12(2)21-20(16-9-10-18(28-16)29(3,26)27)23-19(15)22-14-7-5-13(6-8-14)11-17(24)25/h5-10H,4,11H2,1-3H3,(H,24,25)(H,21,22,23). The van der Waals surface area contributed by atoms with Gasteiger partial charge < -0.3 is 10.4 Å². The number of rotatable bonds is 7. The molecule has 3 rings (SSSR count). The highest BCUT2D eigenvalue weighted by molar-refractivity contribution is 7.92. The van der Waals surface area contributed by atoms with E-state index >= 15 is 0 Å². The van der Waals surface area contributed by atoms with Crippen molar-refractivity contribution in [3.05, 3.63) is 53.2 Å². The van der Waals surface area contributed by atoms with Crippen LogP contribution in [-0.2, 0) is 27.5 Å². The largest absolute Gasteiger partial charge is 0.481 e. The summed E-state index contributed by atoms with van der Waals surface area (Å²) in [5.74, 6) is 0.236. The van der Waals surface area contributed by atoms with Crippen molar-refractivity contribution >= 4 is 38.6 Å². The minimum atomic E-state index is -3.28. The van der Waals surface area contributed by atoms with Crippen LogP contribution >= 0.6 is 11.3 Å². The molecule has 29 heavy (non-hydrogen) atoms. The number of nitrogens with one attached hydrogen (secondary N) is 1. The second-order valence-electron chi connectivity index (χ2n) is 6.60. The fourth-order valence-electron chi connectivity index (χ4n) is 2.89. The summed E-state index contributed by atoms with van der Waals surface area (Å²) in [4.78, 5) is 20.7. The van der Waals surface area contributed by atoms with Crippen LogP contribution in [-0.4, -0.2) is 35.7 Å². The molecule has 9 heteroatoms. The first kappa shape index (κ1) is 20.9. The van der Waals surface area contributed by atoms with E-state index in [9.17, 15) is 13.2 Å². The molecule has 2 N–H and O–H groups in total. The topological polar surface area (TPSA) is 109 Å². The Balaban J connectivity index is 1.95. The number of aromatic nitrogens is 2. The first-order chi connectivity index (χ1) is 13.7. The minimum absolute atomic E-state index is 0.0295. The Kier molecular flexibility index (Phi) is 5.99. The van der Waals surface area contributed by atoms with Gasteiger partial charge in [0.1, 0.15) is 10.0 Å². The van der Waals surface area contributed by atoms with E-state index in [2.05, 4.69) is 15.3 Å². The number of hydrogen-bond acceptors (Lipinski definition) is 7. The third-order valence-corrected chi connectivity index (χ3v) is 7.21. The number of carboxylic acid groups (broad SMARTS) is 1. The number of aryl methyl sites for hydroxylation is 1. The maximum absolute atomic E-state index is 11.8. The lowest BCUT2D eigenvalue weighted by Crippen LogP contribution is -2.05. The molecule has 0 aliphatic carbocycles. The van der Waals surface area contributed by atoms with E-state index in [0.29, 0.717) is 22.1 Å². The van der Waals surface area contributed by atoms with Crippen LogP contribution in [0.4, 0.5) is 11.5 Å². The highest BCUT2D eigenvalue weighted by Crippen LogP contribution is 2.31. The lowest BCUT2D eigenvalue weighted by molar-refractivity contribution is -0.136. The zero-order chi connectivity index (χ0) is 21.2. The van der Waals surface area contributed by atoms with E-state index in [4.69, 9.17) is 5.11 Å². The Labute approximate surface area is 173 Å². The van der Waals surface area contributed by atoms with Gasteiger partial charge in [-0.2, -0.15) is 0 Å². The zero-order valence-electron chi connectivity index (χ0n) is 16.3. The molecule has 0 atom stereocenters. The highest BCUT2D eigenvalue weighted by Gasteiger charge is 2.16. The molecule has 0 radical (unpaired) electrons. The molecule has 0 fully saturated rings. The van der Waals surface area contributed by atoms with Crippen molar-refractivity contribution in [2.45, 2.75) is 30.9 Å². The molecule has 0 aliphatic rings. The first-order valence-electron chi connectivity index (χ1n) is 8.93. The number of aliphatic carboxylic acids is 1. The van der Waals surface area contributed by atoms with Crippen molar-refractivity contribution in [1.29, 1.82) is 0 Å². The molecule has 0 spiro atoms. The van der Waals surface area contributed by atoms with Crippen molar-refractivity contribution in [2.75, 3.05) is 11.6 Å². The van der Waals surface area contributed by atoms with E-state index < -0.39 is 15.8 Å². The van der Waals surface area contributed by atoms with Gasteiger partial charge in [0.25, 0.3) is 0 Å². The maximum Gasteiger partial charge on any atom is 0.307 e. The van der Waals surface area contributed by atoms with Gasteiger partial charge in [-0.25, -0.2) is 18.4 Å². The Morgan fingerprint density at radius 2 is 1.83 bits per heavy atom. The summed E-state index contributed by atoms with van der Waals surface area (Å²) in [6, 6.07) is 10.4. The number of sulfone groups is 1. The highest BCUT2D eigenvalue weighted by atomic mass is 32.2. The van der Waals surface area contributed by atoms with Crippen molar-refractivity contribution in [3.8, 4) is 10.7 Å². The Morgan fingerprint density at radius 3 is 2.38 bits per heavy atom. The van der Waals surface area contributed by atoms with E-state index in [0.717, 1.165) is 34.7 Å². The van der Waals surface area contributed by atoms with Crippen molar-refractivity contribution in [1.82, 2.24) is 9.97 Å². The van der Waals surface area contributed by atoms with Crippen molar-refractivity contribution in [2.24, 2.45) is 0 Å². The van der Waals surface area contributed by atoms with Gasteiger partial charge in [0.2, 0.25) is 0 Å². The third-order valence-electron chi connectivity index (χ3n) is 4.31. The van der Waals surface area contributed by atoms with Gasteiger partial charge in [0.05, 0.1) is 11.3 Å². The Morgan fingerprint density at radius 1 is 1.14 bits per heavy atom. The predicted molar refractivity (Wildman–Crippen MR) is 114 cm³/mol. The van der Waals surface area contributed by atoms with Gasteiger partial charge in [0, 0.05) is 23.2 Å². The third kappa shape index (κ3) is 4.99. The van der Waals surface area contributed by atoms with E-state index in [-0.39, 0.29) is 10.6 Å². The molecule has 2 aromatic heterocycles. The number of carboxylic acids is 1. The number of nitrogens with zero attached hydrogens (tertiary/aromatic N) is 2. The molecule has 2 heterocycles. The lowest BCUT2D eigenvalue weighted by Gasteiger charge is -2.14. The van der Waals surface area contributed by atoms with Crippen LogP contribution in [0.1, 0.15) is 23.7 Å². The average molecular weight is 432 g/mol. The van der Waals surface area contributed by atoms with Crippen LogP contribution < -0.4 is 5.32 Å². The van der Waals surface area contributed by atoms with Gasteiger partial charge in [-0.1, -0.05) is 19.1 Å². The molecule has 0 saturated carbocycles. The smallest absolute Gasteiger partial charge is 0.307 e. The van der Waals surface area contributed by atoms with Crippen LogP contribution in [0.5, 0.6) is 0 Å². The SMILES string of the molecule is CCc1c(C)nc(-c2ccc(S(C)(=O)=O)s2)nc1Nc1ccc(CC(=O)O)cc1. The summed E-state index contributed by atoms with van der Waals surface area (Å²) < 4.78 is 23.8. The number of anilines is 2. The molecule has 3 aromatic rings. The van der Waals surface area contributed by atoms with Crippen molar-refractivity contribution in [3.63, 3.8) is 0 Å². The molecule has 0 saturated heterocycles. The lowest BCUT2D eigenvalue weighted by atomic mass is 10.1. The summed E-state index contributed by atoms with van der Waals surface area (Å²) in [6.45, 7) is 3.91. The van der Waals surface area contributed by atoms with E-state index in [1.165, 1.54) is 6.26 Å². The van der Waals surface area contributed by atoms with Gasteiger partial charge >= 0.3 is 5.97 Å². The monoisotopic (exact) mass is 431 g/mol. The molecule has 7 nitrogen and oxygen atoms in total. The molecule has 0 unspecified atom stereocenters. The van der Waals surface area contributed by atoms with E-state index in [1.54, 1.807) is 24.3 Å². The van der Waals surface area contributed by atoms with Gasteiger partial charge in [0.15, 0.2) is 15.7 Å². The summed E-state index contributed by atoms with van der Waals surface area (Å²) in [5, 5.41) is 12.2. The van der Waals surface area contributed by atoms with E-state index in [1.807, 2.05) is 26.0 Å². The molecular formula is C20H21N3O4S2. The second kappa shape index (κ2) is 8.30. The number of hydrogen-bond donors (Lipinski definition) is 2. The number of thiophene rings is 1. The molecule has 152 valence electrons. The van der Waals surface area contributed by atoms with Crippen LogP contribution in [0.25, 0.3) is 10.7 Å². The quantitative estimate of drug-likeness (QED) is 0.585. The van der Waals surface area contributed by atoms with Crippen LogP contribution in [0.3, 0.4) is 0 Å². The minimum Gasteiger partial charge on any atom is -0.481 e. The summed E-state index contributed by atoms with van der Waals surface area (Å²) >= 11 is 1.14. The summed E-state index contributed by atoms with van der Waals surface area (Å²) in [7, 11) is -3.28. The van der Waals surface area contributed by atoms with Gasteiger partial charge in [-0.3, -0.25) is 4.79 Å². The molecular weight excluding hydrogens is 410 g/mol. The van der Waals surface area contributed by atoms with Crippen LogP contribution in [0.15, 0.2) is 40.6 Å². The zero-order valence-corrected chi connectivity index (χ0v) is 17.9. The Hall–Kier alpha value is -2.78. The molecule has 1 aromatic carbocycles. The first-order valence-corrected chi connectivity index (χ1v) is 11.6. The molecule has 0 bridgehead atoms. The fraction of sp³-hybridized carbons (Fsp3) is 0.250. The molecule has 0 aliphatic heterocycles. The fourth-order valence-corrected chi connectivity index (χ4v) is 4.75. The van der Waals surface area contributed by atoms with Crippen molar-refractivity contribution < 1.29 is 18.3 Å². The second-order valence-corrected chi connectivity index (χ2v) is 9.92. The Bertz CT molecular complexity index is 1150. The van der Waals surface area contributed by atoms with Gasteiger partial charge in [-0.05, 0) is 43.2 Å². The van der Waals surface area contributed by atoms with Crippen LogP contribution in [0.2, 0.25) is 0 Å². The maximum atomic E-state index is 11.8. The van der Waals surface area contributed by atoms with Crippen LogP contribution in [0, 0.1) is 6.92 Å². The predicted octanol–water partition coefficient (Wildman–Crippen LogP) is 3.85.